The molecule has 1 atom stereocenters. The molecule has 0 saturated heterocycles. The second-order valence-corrected chi connectivity index (χ2v) is 9.11. The number of aromatic amines is 1. The first-order valence-electron chi connectivity index (χ1n) is 9.16. The molecule has 3 N–H and O–H groups in total. The van der Waals surface area contributed by atoms with Crippen LogP contribution in [0.25, 0.3) is 11.1 Å². The molecular formula is C19H25N3O4S. The van der Waals surface area contributed by atoms with Crippen LogP contribution in [0.5, 0.6) is 0 Å². The van der Waals surface area contributed by atoms with E-state index >= 15 is 0 Å². The Hall–Kier alpha value is -2.19. The molecular weight excluding hydrogens is 366 g/mol. The second kappa shape index (κ2) is 8.22. The maximum absolute atomic E-state index is 12.3. The molecule has 3 rings (SSSR count). The van der Waals surface area contributed by atoms with Gasteiger partial charge in [0.25, 0.3) is 0 Å². The third-order valence-corrected chi connectivity index (χ3v) is 6.17. The second-order valence-electron chi connectivity index (χ2n) is 7.09. The number of nitrogens with zero attached hydrogens (tertiary/aromatic N) is 1. The van der Waals surface area contributed by atoms with Gasteiger partial charge in [-0.15, -0.1) is 0 Å². The van der Waals surface area contributed by atoms with Crippen LogP contribution < -0.4 is 5.32 Å². The summed E-state index contributed by atoms with van der Waals surface area (Å²) in [4.78, 5) is 12.5. The number of sulfone groups is 1. The van der Waals surface area contributed by atoms with Gasteiger partial charge in [0, 0.05) is 24.3 Å². The van der Waals surface area contributed by atoms with Crippen molar-refractivity contribution in [2.45, 2.75) is 43.1 Å². The van der Waals surface area contributed by atoms with Crippen LogP contribution in [0.4, 0.5) is 0 Å². The van der Waals surface area contributed by atoms with E-state index in [1.165, 1.54) is 18.6 Å². The molecule has 8 heteroatoms. The third kappa shape index (κ3) is 4.75. The Balaban J connectivity index is 1.67. The van der Waals surface area contributed by atoms with Crippen molar-refractivity contribution in [2.24, 2.45) is 5.92 Å². The van der Waals surface area contributed by atoms with Crippen molar-refractivity contribution in [2.75, 3.05) is 12.8 Å². The van der Waals surface area contributed by atoms with Crippen molar-refractivity contribution < 1.29 is 18.3 Å². The average molecular weight is 391 g/mol. The number of carbonyl (C=O) groups is 1. The van der Waals surface area contributed by atoms with E-state index in [0.717, 1.165) is 37.5 Å². The number of hydrogen-bond acceptors (Lipinski definition) is 5. The van der Waals surface area contributed by atoms with Crippen molar-refractivity contribution in [1.29, 1.82) is 0 Å². The molecule has 1 amide bonds. The largest absolute Gasteiger partial charge is 0.385 e. The van der Waals surface area contributed by atoms with E-state index in [1.54, 1.807) is 18.3 Å². The fraction of sp³-hybridized carbons (Fsp3) is 0.474. The summed E-state index contributed by atoms with van der Waals surface area (Å²) >= 11 is 0. The Morgan fingerprint density at radius 1 is 1.26 bits per heavy atom. The van der Waals surface area contributed by atoms with Crippen molar-refractivity contribution in [3.63, 3.8) is 0 Å². The molecule has 146 valence electrons. The van der Waals surface area contributed by atoms with Gasteiger partial charge in [-0.25, -0.2) is 8.42 Å². The molecule has 1 unspecified atom stereocenters. The van der Waals surface area contributed by atoms with Crippen LogP contribution in [0.2, 0.25) is 0 Å². The third-order valence-electron chi connectivity index (χ3n) is 5.04. The number of aliphatic hydroxyl groups is 1. The molecule has 1 aliphatic rings. The van der Waals surface area contributed by atoms with Gasteiger partial charge in [-0.3, -0.25) is 9.89 Å². The summed E-state index contributed by atoms with van der Waals surface area (Å²) in [7, 11) is -3.26. The number of benzene rings is 1. The summed E-state index contributed by atoms with van der Waals surface area (Å²) in [6.07, 6.45) is 6.96. The highest BCUT2D eigenvalue weighted by atomic mass is 32.2. The van der Waals surface area contributed by atoms with Gasteiger partial charge in [0.15, 0.2) is 9.84 Å². The van der Waals surface area contributed by atoms with E-state index in [0.29, 0.717) is 11.3 Å². The predicted molar refractivity (Wildman–Crippen MR) is 102 cm³/mol. The fourth-order valence-electron chi connectivity index (χ4n) is 3.47. The highest BCUT2D eigenvalue weighted by Gasteiger charge is 2.23. The van der Waals surface area contributed by atoms with E-state index in [-0.39, 0.29) is 23.3 Å². The van der Waals surface area contributed by atoms with E-state index < -0.39 is 15.9 Å². The van der Waals surface area contributed by atoms with Gasteiger partial charge in [-0.1, -0.05) is 31.4 Å². The van der Waals surface area contributed by atoms with E-state index in [1.807, 2.05) is 0 Å². The number of H-pyrrole nitrogens is 1. The summed E-state index contributed by atoms with van der Waals surface area (Å²) in [5, 5.41) is 20.1. The maximum Gasteiger partial charge on any atom is 0.223 e. The molecule has 1 aromatic heterocycles. The van der Waals surface area contributed by atoms with Crippen LogP contribution in [0.15, 0.2) is 35.4 Å². The summed E-state index contributed by atoms with van der Waals surface area (Å²) < 4.78 is 23.2. The molecule has 0 spiro atoms. The predicted octanol–water partition coefficient (Wildman–Crippen LogP) is 2.21. The minimum atomic E-state index is -3.26. The molecule has 1 heterocycles. The number of hydrogen-bond donors (Lipinski definition) is 3. The lowest BCUT2D eigenvalue weighted by Gasteiger charge is -2.21. The van der Waals surface area contributed by atoms with E-state index in [4.69, 9.17) is 0 Å². The van der Waals surface area contributed by atoms with Crippen molar-refractivity contribution >= 4 is 15.7 Å². The first kappa shape index (κ1) is 19.6. The monoisotopic (exact) mass is 391 g/mol. The van der Waals surface area contributed by atoms with Gasteiger partial charge in [0.2, 0.25) is 5.91 Å². The number of amides is 1. The molecule has 1 aromatic carbocycles. The Bertz CT molecular complexity index is 884. The zero-order valence-corrected chi connectivity index (χ0v) is 16.1. The minimum Gasteiger partial charge on any atom is -0.385 e. The topological polar surface area (TPSA) is 112 Å². The number of carbonyl (C=O) groups excluding carboxylic acids is 1. The molecule has 0 radical (unpaired) electrons. The van der Waals surface area contributed by atoms with Crippen LogP contribution in [0.1, 0.15) is 43.9 Å². The van der Waals surface area contributed by atoms with E-state index in [9.17, 15) is 18.3 Å². The van der Waals surface area contributed by atoms with Crippen LogP contribution in [-0.4, -0.2) is 42.4 Å². The molecule has 0 aliphatic heterocycles. The lowest BCUT2D eigenvalue weighted by Crippen LogP contribution is -2.34. The molecule has 2 aromatic rings. The molecule has 1 fully saturated rings. The Labute approximate surface area is 159 Å². The molecule has 1 saturated carbocycles. The van der Waals surface area contributed by atoms with Crippen molar-refractivity contribution in [3.05, 3.63) is 36.2 Å². The molecule has 0 bridgehead atoms. The standard InChI is InChI=1S/C19H25N3O4S/c1-27(25,26)15-9-7-13(8-10-15)16-11-21-22-18(16)17(23)12-20-19(24)14-5-3-2-4-6-14/h7-11,14,17,23H,2-6,12H2,1H3,(H,20,24)(H,21,22). The molecule has 7 nitrogen and oxygen atoms in total. The molecule has 1 aliphatic carbocycles. The maximum atomic E-state index is 12.3. The van der Waals surface area contributed by atoms with Gasteiger partial charge < -0.3 is 10.4 Å². The quantitative estimate of drug-likeness (QED) is 0.699. The Kier molecular flexibility index (Phi) is 5.96. The van der Waals surface area contributed by atoms with Crippen LogP contribution in [0.3, 0.4) is 0 Å². The zero-order chi connectivity index (χ0) is 19.4. The summed E-state index contributed by atoms with van der Waals surface area (Å²) in [5.41, 5.74) is 1.91. The smallest absolute Gasteiger partial charge is 0.223 e. The molecule has 27 heavy (non-hydrogen) atoms. The number of aromatic nitrogens is 2. The number of nitrogens with one attached hydrogen (secondary N) is 2. The van der Waals surface area contributed by atoms with Gasteiger partial charge in [0.05, 0.1) is 16.8 Å². The first-order valence-corrected chi connectivity index (χ1v) is 11.0. The van der Waals surface area contributed by atoms with Crippen LogP contribution in [-0.2, 0) is 14.6 Å². The first-order chi connectivity index (χ1) is 12.9. The minimum absolute atomic E-state index is 0.00711. The fourth-order valence-corrected chi connectivity index (χ4v) is 4.10. The van der Waals surface area contributed by atoms with Crippen LogP contribution in [0, 0.1) is 5.92 Å². The van der Waals surface area contributed by atoms with Crippen LogP contribution >= 0.6 is 0 Å². The lowest BCUT2D eigenvalue weighted by atomic mass is 9.88. The summed E-state index contributed by atoms with van der Waals surface area (Å²) in [6, 6.07) is 6.41. The SMILES string of the molecule is CS(=O)(=O)c1ccc(-c2cn[nH]c2C(O)CNC(=O)C2CCCCC2)cc1. The van der Waals surface area contributed by atoms with Gasteiger partial charge in [-0.05, 0) is 30.5 Å². The summed E-state index contributed by atoms with van der Waals surface area (Å²) in [5.74, 6) is 0.0306. The average Bonchev–Trinajstić information content (AvgIpc) is 3.16. The van der Waals surface area contributed by atoms with Gasteiger partial charge in [0.1, 0.15) is 6.10 Å². The highest BCUT2D eigenvalue weighted by Crippen LogP contribution is 2.28. The summed E-state index contributed by atoms with van der Waals surface area (Å²) in [6.45, 7) is 0.103. The highest BCUT2D eigenvalue weighted by molar-refractivity contribution is 7.90. The van der Waals surface area contributed by atoms with Gasteiger partial charge in [-0.2, -0.15) is 5.10 Å². The lowest BCUT2D eigenvalue weighted by molar-refractivity contribution is -0.126. The van der Waals surface area contributed by atoms with Gasteiger partial charge >= 0.3 is 0 Å². The Morgan fingerprint density at radius 2 is 1.93 bits per heavy atom. The normalized spacial score (nSPS) is 16.8. The number of rotatable bonds is 6. The van der Waals surface area contributed by atoms with Crippen molar-refractivity contribution in [1.82, 2.24) is 15.5 Å². The Morgan fingerprint density at radius 3 is 2.56 bits per heavy atom. The van der Waals surface area contributed by atoms with E-state index in [2.05, 4.69) is 15.5 Å². The number of aliphatic hydroxyl groups excluding tert-OH is 1. The van der Waals surface area contributed by atoms with Crippen molar-refractivity contribution in [3.8, 4) is 11.1 Å². The zero-order valence-electron chi connectivity index (χ0n) is 15.3.